The van der Waals surface area contributed by atoms with Crippen LogP contribution in [-0.2, 0) is 6.42 Å². The molecule has 0 aromatic heterocycles. The van der Waals surface area contributed by atoms with Gasteiger partial charge in [-0.1, -0.05) is 105 Å². The van der Waals surface area contributed by atoms with Gasteiger partial charge in [-0.05, 0) is 67.7 Å². The summed E-state index contributed by atoms with van der Waals surface area (Å²) in [7, 11) is 2.12. The molecule has 41 heavy (non-hydrogen) atoms. The zero-order valence-electron chi connectivity index (χ0n) is 27.8. The van der Waals surface area contributed by atoms with E-state index in [9.17, 15) is 5.11 Å². The van der Waals surface area contributed by atoms with Crippen molar-refractivity contribution < 1.29 is 5.11 Å². The van der Waals surface area contributed by atoms with E-state index in [0.717, 1.165) is 41.3 Å². The van der Waals surface area contributed by atoms with Crippen LogP contribution in [0.3, 0.4) is 0 Å². The second kappa shape index (κ2) is 18.6. The molecular weight excluding hydrogens is 502 g/mol. The van der Waals surface area contributed by atoms with Crippen molar-refractivity contribution in [2.45, 2.75) is 112 Å². The van der Waals surface area contributed by atoms with E-state index in [0.29, 0.717) is 11.8 Å². The van der Waals surface area contributed by atoms with E-state index in [1.54, 1.807) is 12.1 Å². The Kier molecular flexibility index (Phi) is 16.5. The van der Waals surface area contributed by atoms with Crippen molar-refractivity contribution in [1.29, 1.82) is 0 Å². The van der Waals surface area contributed by atoms with Crippen molar-refractivity contribution in [3.63, 3.8) is 0 Å². The average Bonchev–Trinajstić information content (AvgIpc) is 2.97. The third-order valence-electron chi connectivity index (χ3n) is 9.04. The number of nitrogens with zero attached hydrogens (tertiary/aromatic N) is 2. The summed E-state index contributed by atoms with van der Waals surface area (Å²) in [5.74, 6) is 2.13. The van der Waals surface area contributed by atoms with Crippen molar-refractivity contribution in [2.75, 3.05) is 7.05 Å². The fourth-order valence-electron chi connectivity index (χ4n) is 5.18. The molecule has 0 aliphatic heterocycles. The number of phenolic OH excluding ortho intramolecular Hbond substituents is 1. The van der Waals surface area contributed by atoms with Gasteiger partial charge < -0.3 is 15.3 Å². The summed E-state index contributed by atoms with van der Waals surface area (Å²) in [5.41, 5.74) is 5.28. The molecule has 6 unspecified atom stereocenters. The van der Waals surface area contributed by atoms with Gasteiger partial charge in [-0.2, -0.15) is 0 Å². The van der Waals surface area contributed by atoms with Crippen LogP contribution in [0.1, 0.15) is 99.5 Å². The van der Waals surface area contributed by atoms with E-state index in [1.165, 1.54) is 37.8 Å². The molecule has 4 heteroatoms. The van der Waals surface area contributed by atoms with Gasteiger partial charge in [0, 0.05) is 48.4 Å². The molecule has 0 amide bonds. The molecule has 1 rings (SSSR count). The van der Waals surface area contributed by atoms with Gasteiger partial charge in [0.15, 0.2) is 0 Å². The van der Waals surface area contributed by atoms with E-state index in [2.05, 4.69) is 92.4 Å². The number of unbranched alkanes of at least 4 members (excludes halogenated alkanes) is 1. The fraction of sp³-hybridized carbons (Fsp3) is 0.595. The van der Waals surface area contributed by atoms with Gasteiger partial charge in [-0.3, -0.25) is 4.99 Å². The number of rotatable bonds is 20. The predicted octanol–water partition coefficient (Wildman–Crippen LogP) is 9.70. The molecule has 0 spiro atoms. The molecule has 4 nitrogen and oxygen atoms in total. The Bertz CT molecular complexity index is 1010. The number of hydrogen-bond donors (Lipinski definition) is 2. The van der Waals surface area contributed by atoms with Crippen molar-refractivity contribution >= 4 is 5.71 Å². The van der Waals surface area contributed by atoms with E-state index in [-0.39, 0.29) is 23.8 Å². The topological polar surface area (TPSA) is 47.9 Å². The molecular formula is C37H61N3O. The van der Waals surface area contributed by atoms with Crippen LogP contribution < -0.4 is 5.32 Å². The zero-order chi connectivity index (χ0) is 31.1. The first-order chi connectivity index (χ1) is 19.4. The molecule has 0 aliphatic carbocycles. The van der Waals surface area contributed by atoms with Crippen LogP contribution in [0.15, 0.2) is 78.2 Å². The Morgan fingerprint density at radius 3 is 2.22 bits per heavy atom. The first-order valence-electron chi connectivity index (χ1n) is 15.8. The maximum Gasteiger partial charge on any atom is 0.115 e. The Balaban J connectivity index is 3.06. The molecule has 1 aromatic rings. The van der Waals surface area contributed by atoms with Crippen LogP contribution in [0.25, 0.3) is 0 Å². The highest BCUT2D eigenvalue weighted by molar-refractivity contribution is 5.84. The smallest absolute Gasteiger partial charge is 0.115 e. The van der Waals surface area contributed by atoms with Crippen LogP contribution >= 0.6 is 0 Å². The number of benzene rings is 1. The van der Waals surface area contributed by atoms with Gasteiger partial charge in [0.1, 0.15) is 5.75 Å². The Hall–Kier alpha value is -2.75. The van der Waals surface area contributed by atoms with Crippen LogP contribution in [0.4, 0.5) is 0 Å². The lowest BCUT2D eigenvalue weighted by atomic mass is 9.89. The highest BCUT2D eigenvalue weighted by atomic mass is 16.3. The van der Waals surface area contributed by atoms with Gasteiger partial charge in [-0.25, -0.2) is 0 Å². The summed E-state index contributed by atoms with van der Waals surface area (Å²) in [5, 5.41) is 13.5. The summed E-state index contributed by atoms with van der Waals surface area (Å²) in [6.45, 7) is 30.9. The largest absolute Gasteiger partial charge is 0.508 e. The average molecular weight is 564 g/mol. The van der Waals surface area contributed by atoms with Crippen molar-refractivity contribution in [3.05, 3.63) is 78.8 Å². The minimum atomic E-state index is 0.0568. The number of aliphatic imine (C=N–C) groups is 1. The predicted molar refractivity (Wildman–Crippen MR) is 181 cm³/mol. The maximum atomic E-state index is 9.80. The van der Waals surface area contributed by atoms with Gasteiger partial charge in [-0.15, -0.1) is 6.58 Å². The van der Waals surface area contributed by atoms with Gasteiger partial charge in [0.25, 0.3) is 0 Å². The lowest BCUT2D eigenvalue weighted by Gasteiger charge is -2.38. The first kappa shape index (κ1) is 36.3. The van der Waals surface area contributed by atoms with E-state index in [4.69, 9.17) is 4.99 Å². The Morgan fingerprint density at radius 1 is 1.02 bits per heavy atom. The van der Waals surface area contributed by atoms with Crippen molar-refractivity contribution in [3.8, 4) is 5.75 Å². The van der Waals surface area contributed by atoms with Crippen LogP contribution in [0, 0.1) is 23.7 Å². The number of aromatic hydroxyl groups is 1. The molecule has 2 N–H and O–H groups in total. The summed E-state index contributed by atoms with van der Waals surface area (Å²) in [4.78, 5) is 7.13. The molecule has 1 aromatic carbocycles. The quantitative estimate of drug-likeness (QED) is 0.0943. The molecule has 0 radical (unpaired) electrons. The number of phenols is 1. The third kappa shape index (κ3) is 12.3. The van der Waals surface area contributed by atoms with Crippen LogP contribution in [0.5, 0.6) is 5.75 Å². The molecule has 0 saturated carbocycles. The Morgan fingerprint density at radius 2 is 1.66 bits per heavy atom. The summed E-state index contributed by atoms with van der Waals surface area (Å²) >= 11 is 0. The summed E-state index contributed by atoms with van der Waals surface area (Å²) in [6.07, 6.45) is 12.2. The maximum absolute atomic E-state index is 9.80. The monoisotopic (exact) mass is 563 g/mol. The van der Waals surface area contributed by atoms with E-state index >= 15 is 0 Å². The van der Waals surface area contributed by atoms with Crippen molar-refractivity contribution in [1.82, 2.24) is 10.2 Å². The molecule has 0 bridgehead atoms. The summed E-state index contributed by atoms with van der Waals surface area (Å²) < 4.78 is 0. The molecule has 0 saturated heterocycles. The highest BCUT2D eigenvalue weighted by Gasteiger charge is 2.27. The SMILES string of the molecule is C=CC(C(C)CC)N(C)C(=C)C(C)C(Cc1ccc(O)cc1)NC(=C)C(C)=CN=C(C)C(C)CCC(C)CCCC. The van der Waals surface area contributed by atoms with E-state index < -0.39 is 0 Å². The lowest BCUT2D eigenvalue weighted by molar-refractivity contribution is 0.235. The third-order valence-corrected chi connectivity index (χ3v) is 9.04. The minimum Gasteiger partial charge on any atom is -0.508 e. The second-order valence-electron chi connectivity index (χ2n) is 12.4. The number of likely N-dealkylation sites (N-methyl/N-ethyl adjacent to an activating group) is 1. The van der Waals surface area contributed by atoms with Gasteiger partial charge in [0.05, 0.1) is 0 Å². The molecule has 6 atom stereocenters. The first-order valence-corrected chi connectivity index (χ1v) is 15.8. The molecule has 230 valence electrons. The molecule has 0 aliphatic rings. The highest BCUT2D eigenvalue weighted by Crippen LogP contribution is 2.27. The van der Waals surface area contributed by atoms with Gasteiger partial charge >= 0.3 is 0 Å². The normalized spacial score (nSPS) is 16.7. The number of nitrogens with one attached hydrogen (secondary N) is 1. The molecule has 0 heterocycles. The van der Waals surface area contributed by atoms with Crippen LogP contribution in [0.2, 0.25) is 0 Å². The van der Waals surface area contributed by atoms with Gasteiger partial charge in [0.2, 0.25) is 0 Å². The van der Waals surface area contributed by atoms with Crippen molar-refractivity contribution in [2.24, 2.45) is 28.7 Å². The molecule has 0 fully saturated rings. The summed E-state index contributed by atoms with van der Waals surface area (Å²) in [6, 6.07) is 7.75. The minimum absolute atomic E-state index is 0.0568. The fourth-order valence-corrected chi connectivity index (χ4v) is 5.18. The Labute approximate surface area is 253 Å². The second-order valence-corrected chi connectivity index (χ2v) is 12.4. The van der Waals surface area contributed by atoms with Crippen LogP contribution in [-0.4, -0.2) is 34.8 Å². The van der Waals surface area contributed by atoms with E-state index in [1.807, 2.05) is 24.4 Å². The number of hydrogen-bond acceptors (Lipinski definition) is 4. The zero-order valence-corrected chi connectivity index (χ0v) is 27.8. The lowest BCUT2D eigenvalue weighted by Crippen LogP contribution is -2.43. The number of allylic oxidation sites excluding steroid dienone is 1. The standard InChI is InChI=1S/C37H61N3O/c1-13-16-17-26(4)18-19-28(6)31(9)38-25-29(7)32(10)39-36(24-34-20-22-35(41)23-21-34)30(8)33(11)40(12)37(15-3)27(5)14-2/h15,20-23,25-28,30,36-37,39,41H,3,10-11,13-14,16-19,24H2,1-2,4-9,12H3.